The summed E-state index contributed by atoms with van der Waals surface area (Å²) >= 11 is 1.66. The minimum absolute atomic E-state index is 0.0277. The zero-order valence-electron chi connectivity index (χ0n) is 15.8. The van der Waals surface area contributed by atoms with Crippen molar-refractivity contribution in [3.8, 4) is 5.75 Å². The molecule has 2 atom stereocenters. The number of hydrogen-bond acceptors (Lipinski definition) is 4. The highest BCUT2D eigenvalue weighted by Gasteiger charge is 2.37. The lowest BCUT2D eigenvalue weighted by Crippen LogP contribution is -2.35. The van der Waals surface area contributed by atoms with Crippen LogP contribution in [0.5, 0.6) is 5.75 Å². The van der Waals surface area contributed by atoms with Crippen LogP contribution in [0.3, 0.4) is 0 Å². The van der Waals surface area contributed by atoms with E-state index in [1.165, 1.54) is 0 Å². The van der Waals surface area contributed by atoms with Crippen LogP contribution in [0, 0.1) is 0 Å². The van der Waals surface area contributed by atoms with E-state index in [1.54, 1.807) is 24.3 Å². The first-order chi connectivity index (χ1) is 13.8. The van der Waals surface area contributed by atoms with E-state index in [1.807, 2.05) is 64.2 Å². The Labute approximate surface area is 169 Å². The second kappa shape index (κ2) is 8.52. The maximum absolute atomic E-state index is 12.7. The number of rotatable bonds is 7. The van der Waals surface area contributed by atoms with Gasteiger partial charge in [-0.15, -0.1) is 11.8 Å². The van der Waals surface area contributed by atoms with Crippen LogP contribution < -0.4 is 4.74 Å². The summed E-state index contributed by atoms with van der Waals surface area (Å²) in [5, 5.41) is -0.0277. The largest absolute Gasteiger partial charge is 0.489 e. The Balaban J connectivity index is 1.54. The molecule has 4 rings (SSSR count). The first kappa shape index (κ1) is 18.6. The Morgan fingerprint density at radius 1 is 1.21 bits per heavy atom. The monoisotopic (exact) mass is 393 g/mol. The molecule has 28 heavy (non-hydrogen) atoms. The molecule has 2 aromatic carbocycles. The second-order valence-electron chi connectivity index (χ2n) is 6.71. The molecule has 0 saturated carbocycles. The normalized spacial score (nSPS) is 17.7. The molecule has 1 aliphatic heterocycles. The summed E-state index contributed by atoms with van der Waals surface area (Å²) in [4.78, 5) is 18.8. The molecule has 2 heterocycles. The number of nitrogens with zero attached hydrogens (tertiary/aromatic N) is 3. The molecule has 1 amide bonds. The van der Waals surface area contributed by atoms with E-state index >= 15 is 0 Å². The summed E-state index contributed by atoms with van der Waals surface area (Å²) in [6.45, 7) is 2.62. The highest BCUT2D eigenvalue weighted by atomic mass is 32.2. The third kappa shape index (κ3) is 3.92. The summed E-state index contributed by atoms with van der Waals surface area (Å²) < 4.78 is 7.99. The lowest BCUT2D eigenvalue weighted by atomic mass is 10.1. The third-order valence-corrected chi connectivity index (χ3v) is 6.08. The maximum Gasteiger partial charge on any atom is 0.235 e. The number of amides is 1. The van der Waals surface area contributed by atoms with Gasteiger partial charge in [0.1, 0.15) is 23.9 Å². The van der Waals surface area contributed by atoms with Crippen LogP contribution in [-0.4, -0.2) is 26.1 Å². The van der Waals surface area contributed by atoms with Gasteiger partial charge in [0.2, 0.25) is 5.91 Å². The smallest absolute Gasteiger partial charge is 0.235 e. The molecule has 144 valence electrons. The van der Waals surface area contributed by atoms with Crippen molar-refractivity contribution in [3.63, 3.8) is 0 Å². The quantitative estimate of drug-likeness (QED) is 0.586. The Kier molecular flexibility index (Phi) is 5.67. The van der Waals surface area contributed by atoms with E-state index in [4.69, 9.17) is 4.74 Å². The van der Waals surface area contributed by atoms with Gasteiger partial charge in [0, 0.05) is 12.4 Å². The Hall–Kier alpha value is -2.73. The molecule has 1 aromatic heterocycles. The van der Waals surface area contributed by atoms with Gasteiger partial charge in [-0.3, -0.25) is 4.79 Å². The van der Waals surface area contributed by atoms with Gasteiger partial charge in [0.15, 0.2) is 0 Å². The first-order valence-electron chi connectivity index (χ1n) is 9.43. The SMILES string of the molecule is CCC(N1C(=O)CSC1c1cccc(OCc2ccccc2)c1)n1ccnc1. The minimum atomic E-state index is -0.0381. The predicted octanol–water partition coefficient (Wildman–Crippen LogP) is 4.64. The third-order valence-electron chi connectivity index (χ3n) is 4.85. The van der Waals surface area contributed by atoms with Crippen molar-refractivity contribution in [1.29, 1.82) is 0 Å². The number of hydrogen-bond donors (Lipinski definition) is 0. The second-order valence-corrected chi connectivity index (χ2v) is 7.78. The Bertz CT molecular complexity index is 915. The summed E-state index contributed by atoms with van der Waals surface area (Å²) in [6, 6.07) is 18.2. The molecule has 0 bridgehead atoms. The van der Waals surface area contributed by atoms with Gasteiger partial charge in [0.25, 0.3) is 0 Å². The van der Waals surface area contributed by atoms with Crippen molar-refractivity contribution in [2.24, 2.45) is 0 Å². The standard InChI is InChI=1S/C22H23N3O2S/c1-2-20(24-12-11-23-16-24)25-21(26)15-28-22(25)18-9-6-10-19(13-18)27-14-17-7-4-3-5-8-17/h3-13,16,20,22H,2,14-15H2,1H3. The summed E-state index contributed by atoms with van der Waals surface area (Å²) in [5.41, 5.74) is 2.21. The minimum Gasteiger partial charge on any atom is -0.489 e. The van der Waals surface area contributed by atoms with Crippen molar-refractivity contribution in [1.82, 2.24) is 14.5 Å². The molecule has 6 heteroatoms. The number of aromatic nitrogens is 2. The number of imidazole rings is 1. The zero-order valence-corrected chi connectivity index (χ0v) is 16.6. The molecule has 0 radical (unpaired) electrons. The fourth-order valence-electron chi connectivity index (χ4n) is 3.51. The van der Waals surface area contributed by atoms with Crippen LogP contribution in [0.4, 0.5) is 0 Å². The van der Waals surface area contributed by atoms with Gasteiger partial charge < -0.3 is 14.2 Å². The van der Waals surface area contributed by atoms with Crippen molar-refractivity contribution in [3.05, 3.63) is 84.4 Å². The van der Waals surface area contributed by atoms with E-state index in [-0.39, 0.29) is 17.4 Å². The molecular weight excluding hydrogens is 370 g/mol. The fraction of sp³-hybridized carbons (Fsp3) is 0.273. The lowest BCUT2D eigenvalue weighted by molar-refractivity contribution is -0.132. The van der Waals surface area contributed by atoms with Crippen LogP contribution in [0.15, 0.2) is 73.3 Å². The van der Waals surface area contributed by atoms with Gasteiger partial charge in [-0.1, -0.05) is 49.4 Å². The van der Waals surface area contributed by atoms with E-state index < -0.39 is 0 Å². The molecule has 0 aliphatic carbocycles. The number of benzene rings is 2. The highest BCUT2D eigenvalue weighted by molar-refractivity contribution is 8.00. The fourth-order valence-corrected chi connectivity index (χ4v) is 4.72. The van der Waals surface area contributed by atoms with Gasteiger partial charge in [-0.2, -0.15) is 0 Å². The Morgan fingerprint density at radius 2 is 2.07 bits per heavy atom. The molecule has 0 spiro atoms. The van der Waals surface area contributed by atoms with Crippen molar-refractivity contribution < 1.29 is 9.53 Å². The maximum atomic E-state index is 12.7. The predicted molar refractivity (Wildman–Crippen MR) is 111 cm³/mol. The summed E-state index contributed by atoms with van der Waals surface area (Å²) in [6.07, 6.45) is 6.23. The van der Waals surface area contributed by atoms with E-state index in [0.29, 0.717) is 12.4 Å². The van der Waals surface area contributed by atoms with E-state index in [9.17, 15) is 4.79 Å². The molecule has 3 aromatic rings. The van der Waals surface area contributed by atoms with Crippen molar-refractivity contribution in [2.75, 3.05) is 5.75 Å². The molecule has 1 aliphatic rings. The number of carbonyl (C=O) groups is 1. The van der Waals surface area contributed by atoms with Crippen LogP contribution in [-0.2, 0) is 11.4 Å². The first-order valence-corrected chi connectivity index (χ1v) is 10.5. The van der Waals surface area contributed by atoms with E-state index in [0.717, 1.165) is 23.3 Å². The van der Waals surface area contributed by atoms with Crippen LogP contribution in [0.25, 0.3) is 0 Å². The van der Waals surface area contributed by atoms with Gasteiger partial charge in [-0.25, -0.2) is 4.98 Å². The topological polar surface area (TPSA) is 47.4 Å². The van der Waals surface area contributed by atoms with Crippen molar-refractivity contribution >= 4 is 17.7 Å². The average molecular weight is 394 g/mol. The molecule has 1 fully saturated rings. The summed E-state index contributed by atoms with van der Waals surface area (Å²) in [7, 11) is 0. The van der Waals surface area contributed by atoms with Crippen LogP contribution >= 0.6 is 11.8 Å². The lowest BCUT2D eigenvalue weighted by Gasteiger charge is -2.33. The molecule has 1 saturated heterocycles. The van der Waals surface area contributed by atoms with Crippen LogP contribution in [0.1, 0.15) is 36.0 Å². The molecule has 5 nitrogen and oxygen atoms in total. The van der Waals surface area contributed by atoms with Gasteiger partial charge in [-0.05, 0) is 29.7 Å². The van der Waals surface area contributed by atoms with Crippen LogP contribution in [0.2, 0.25) is 0 Å². The van der Waals surface area contributed by atoms with Gasteiger partial charge in [0.05, 0.1) is 12.1 Å². The molecule has 0 N–H and O–H groups in total. The van der Waals surface area contributed by atoms with Gasteiger partial charge >= 0.3 is 0 Å². The molecule has 2 unspecified atom stereocenters. The number of carbonyl (C=O) groups excluding carboxylic acids is 1. The zero-order chi connectivity index (χ0) is 19.3. The van der Waals surface area contributed by atoms with E-state index in [2.05, 4.69) is 18.0 Å². The summed E-state index contributed by atoms with van der Waals surface area (Å²) in [5.74, 6) is 1.47. The number of thioether (sulfide) groups is 1. The average Bonchev–Trinajstić information content (AvgIpc) is 3.39. The molecular formula is C22H23N3O2S. The van der Waals surface area contributed by atoms with Crippen molar-refractivity contribution in [2.45, 2.75) is 31.5 Å². The number of ether oxygens (including phenoxy) is 1. The Morgan fingerprint density at radius 3 is 2.82 bits per heavy atom. The highest BCUT2D eigenvalue weighted by Crippen LogP contribution is 2.43.